The zero-order chi connectivity index (χ0) is 31.4. The van der Waals surface area contributed by atoms with E-state index in [2.05, 4.69) is 30.4 Å². The fourth-order valence-corrected chi connectivity index (χ4v) is 5.84. The molecular formula is C33H43N9O3. The van der Waals surface area contributed by atoms with E-state index in [0.29, 0.717) is 18.7 Å². The van der Waals surface area contributed by atoms with Crippen LogP contribution in [0.25, 0.3) is 22.3 Å². The van der Waals surface area contributed by atoms with E-state index in [-0.39, 0.29) is 12.0 Å². The quantitative estimate of drug-likeness (QED) is 0.281. The van der Waals surface area contributed by atoms with Crippen LogP contribution < -0.4 is 5.32 Å². The maximum atomic E-state index is 13.0. The van der Waals surface area contributed by atoms with E-state index in [0.717, 1.165) is 86.0 Å². The average Bonchev–Trinajstić information content (AvgIpc) is 3.78. The highest BCUT2D eigenvalue weighted by Crippen LogP contribution is 2.21. The molecule has 2 N–H and O–H groups in total. The number of ether oxygens (including phenoxy) is 1. The highest BCUT2D eigenvalue weighted by atomic mass is 16.6. The summed E-state index contributed by atoms with van der Waals surface area (Å²) >= 11 is 0. The molecule has 4 aromatic rings. The molecule has 0 bridgehead atoms. The number of aryl methyl sites for hydroxylation is 1. The molecule has 45 heavy (non-hydrogen) atoms. The molecule has 238 valence electrons. The number of fused-ring (bicyclic) bond motifs is 1. The number of aromatic nitrogens is 5. The summed E-state index contributed by atoms with van der Waals surface area (Å²) in [7, 11) is 0. The van der Waals surface area contributed by atoms with Crippen molar-refractivity contribution >= 4 is 28.7 Å². The fourth-order valence-electron chi connectivity index (χ4n) is 5.84. The van der Waals surface area contributed by atoms with Gasteiger partial charge in [-0.05, 0) is 83.5 Å². The molecule has 6 rings (SSSR count). The van der Waals surface area contributed by atoms with Crippen LogP contribution in [0.2, 0.25) is 0 Å². The van der Waals surface area contributed by atoms with Crippen LogP contribution in [0.3, 0.4) is 0 Å². The van der Waals surface area contributed by atoms with Gasteiger partial charge in [0.25, 0.3) is 5.91 Å². The number of anilines is 1. The summed E-state index contributed by atoms with van der Waals surface area (Å²) in [6.45, 7) is 13.4. The average molecular weight is 614 g/mol. The van der Waals surface area contributed by atoms with Crippen molar-refractivity contribution in [2.75, 3.05) is 51.1 Å². The molecule has 0 aliphatic carbocycles. The van der Waals surface area contributed by atoms with Gasteiger partial charge >= 0.3 is 6.09 Å². The first-order chi connectivity index (χ1) is 21.7. The van der Waals surface area contributed by atoms with Crippen LogP contribution in [-0.2, 0) is 17.8 Å². The summed E-state index contributed by atoms with van der Waals surface area (Å²) in [6.07, 6.45) is 5.13. The van der Waals surface area contributed by atoms with Crippen LogP contribution in [0.5, 0.6) is 0 Å². The zero-order valence-corrected chi connectivity index (χ0v) is 26.5. The Hall–Kier alpha value is -4.29. The monoisotopic (exact) mass is 613 g/mol. The summed E-state index contributed by atoms with van der Waals surface area (Å²) in [4.78, 5) is 39.9. The van der Waals surface area contributed by atoms with Gasteiger partial charge in [-0.3, -0.25) is 19.3 Å². The van der Waals surface area contributed by atoms with Crippen molar-refractivity contribution < 1.29 is 14.3 Å². The van der Waals surface area contributed by atoms with Gasteiger partial charge in [-0.25, -0.2) is 9.78 Å². The molecule has 0 radical (unpaired) electrons. The van der Waals surface area contributed by atoms with Gasteiger partial charge in [0.15, 0.2) is 0 Å². The molecule has 12 nitrogen and oxygen atoms in total. The standard InChI is InChI=1S/C33H43N9O3/c1-33(2,3)45-32(44)41-19-17-39(18-20-41)15-6-16-42-22-29(37-38-42)24-7-9-25(10-8-24)31(43)34-26-11-12-27-28(21-26)36-30(35-27)23-40-13-4-5-14-40/h7-12,21-22H,4-6,13-20,23H2,1-3H3,(H,34,43)(H,35,36). The van der Waals surface area contributed by atoms with Crippen LogP contribution in [0, 0.1) is 0 Å². The Morgan fingerprint density at radius 2 is 1.69 bits per heavy atom. The second-order valence-electron chi connectivity index (χ2n) is 13.0. The van der Waals surface area contributed by atoms with Gasteiger partial charge in [-0.1, -0.05) is 17.3 Å². The van der Waals surface area contributed by atoms with Crippen molar-refractivity contribution in [1.82, 2.24) is 39.7 Å². The second kappa shape index (κ2) is 13.4. The predicted octanol–water partition coefficient (Wildman–Crippen LogP) is 4.61. The molecule has 0 unspecified atom stereocenters. The smallest absolute Gasteiger partial charge is 0.410 e. The van der Waals surface area contributed by atoms with Crippen LogP contribution in [0.4, 0.5) is 10.5 Å². The maximum Gasteiger partial charge on any atom is 0.410 e. The highest BCUT2D eigenvalue weighted by molar-refractivity contribution is 6.05. The molecule has 0 atom stereocenters. The highest BCUT2D eigenvalue weighted by Gasteiger charge is 2.25. The van der Waals surface area contributed by atoms with Crippen molar-refractivity contribution in [2.24, 2.45) is 0 Å². The van der Waals surface area contributed by atoms with Crippen LogP contribution in [-0.4, -0.2) is 103 Å². The van der Waals surface area contributed by atoms with E-state index in [1.165, 1.54) is 12.8 Å². The van der Waals surface area contributed by atoms with Crippen LogP contribution in [0.1, 0.15) is 56.2 Å². The number of amides is 2. The van der Waals surface area contributed by atoms with E-state index >= 15 is 0 Å². The largest absolute Gasteiger partial charge is 0.444 e. The van der Waals surface area contributed by atoms with E-state index in [1.54, 1.807) is 4.90 Å². The zero-order valence-electron chi connectivity index (χ0n) is 26.5. The van der Waals surface area contributed by atoms with Crippen molar-refractivity contribution in [1.29, 1.82) is 0 Å². The Bertz CT molecular complexity index is 1610. The molecule has 2 fully saturated rings. The number of rotatable bonds is 9. The van der Waals surface area contributed by atoms with E-state index in [4.69, 9.17) is 9.72 Å². The van der Waals surface area contributed by atoms with Crippen LogP contribution >= 0.6 is 0 Å². The summed E-state index contributed by atoms with van der Waals surface area (Å²) in [5, 5.41) is 11.6. The lowest BCUT2D eigenvalue weighted by molar-refractivity contribution is 0.0143. The van der Waals surface area contributed by atoms with Gasteiger partial charge in [0, 0.05) is 56.1 Å². The van der Waals surface area contributed by atoms with Gasteiger partial charge < -0.3 is 19.9 Å². The van der Waals surface area contributed by atoms with Crippen molar-refractivity contribution in [3.05, 3.63) is 60.0 Å². The Kier molecular flexibility index (Phi) is 9.13. The van der Waals surface area contributed by atoms with Crippen molar-refractivity contribution in [2.45, 2.75) is 58.7 Å². The number of nitrogens with zero attached hydrogens (tertiary/aromatic N) is 7. The third kappa shape index (κ3) is 8.06. The summed E-state index contributed by atoms with van der Waals surface area (Å²) < 4.78 is 7.34. The number of aromatic amines is 1. The topological polar surface area (TPSA) is 125 Å². The number of likely N-dealkylation sites (tertiary alicyclic amines) is 1. The van der Waals surface area contributed by atoms with Gasteiger partial charge in [0.2, 0.25) is 0 Å². The molecule has 2 saturated heterocycles. The van der Waals surface area contributed by atoms with Crippen molar-refractivity contribution in [3.8, 4) is 11.3 Å². The lowest BCUT2D eigenvalue weighted by Gasteiger charge is -2.35. The van der Waals surface area contributed by atoms with Crippen molar-refractivity contribution in [3.63, 3.8) is 0 Å². The summed E-state index contributed by atoms with van der Waals surface area (Å²) in [5.74, 6) is 0.784. The minimum Gasteiger partial charge on any atom is -0.444 e. The molecule has 2 aliphatic rings. The van der Waals surface area contributed by atoms with E-state index in [9.17, 15) is 9.59 Å². The number of benzene rings is 2. The Balaban J connectivity index is 0.961. The maximum absolute atomic E-state index is 13.0. The summed E-state index contributed by atoms with van der Waals surface area (Å²) in [6, 6.07) is 13.2. The first-order valence-corrected chi connectivity index (χ1v) is 15.9. The van der Waals surface area contributed by atoms with E-state index in [1.807, 2.05) is 74.1 Å². The number of carbonyl (C=O) groups excluding carboxylic acids is 2. The molecule has 2 amide bonds. The Morgan fingerprint density at radius 3 is 2.42 bits per heavy atom. The third-order valence-corrected chi connectivity index (χ3v) is 8.23. The fraction of sp³-hybridized carbons (Fsp3) is 0.485. The molecule has 12 heteroatoms. The number of piperazine rings is 1. The third-order valence-electron chi connectivity index (χ3n) is 8.23. The van der Waals surface area contributed by atoms with E-state index < -0.39 is 5.60 Å². The summed E-state index contributed by atoms with van der Waals surface area (Å²) in [5.41, 5.74) is 4.30. The lowest BCUT2D eigenvalue weighted by Crippen LogP contribution is -2.50. The lowest BCUT2D eigenvalue weighted by atomic mass is 10.1. The minimum absolute atomic E-state index is 0.173. The molecule has 2 aromatic heterocycles. The molecule has 2 aromatic carbocycles. The van der Waals surface area contributed by atoms with Gasteiger partial charge in [0.05, 0.1) is 23.8 Å². The molecule has 0 spiro atoms. The number of carbonyl (C=O) groups is 2. The SMILES string of the molecule is CC(C)(C)OC(=O)N1CCN(CCCn2cc(-c3ccc(C(=O)Nc4ccc5nc(CN6CCCC6)[nH]c5c4)cc3)nn2)CC1. The number of hydrogen-bond donors (Lipinski definition) is 2. The Morgan fingerprint density at radius 1 is 0.933 bits per heavy atom. The minimum atomic E-state index is -0.476. The van der Waals surface area contributed by atoms with Crippen LogP contribution in [0.15, 0.2) is 48.7 Å². The predicted molar refractivity (Wildman–Crippen MR) is 173 cm³/mol. The number of hydrogen-bond acceptors (Lipinski definition) is 8. The Labute approximate surface area is 263 Å². The van der Waals surface area contributed by atoms with Gasteiger partial charge in [0.1, 0.15) is 17.1 Å². The first kappa shape index (κ1) is 30.7. The normalized spacial score (nSPS) is 16.4. The molecular weight excluding hydrogens is 570 g/mol. The second-order valence-corrected chi connectivity index (χ2v) is 13.0. The first-order valence-electron chi connectivity index (χ1n) is 15.9. The van der Waals surface area contributed by atoms with Gasteiger partial charge in [-0.15, -0.1) is 5.10 Å². The number of nitrogens with one attached hydrogen (secondary N) is 2. The molecule has 0 saturated carbocycles. The number of imidazole rings is 1. The molecule has 2 aliphatic heterocycles. The number of H-pyrrole nitrogens is 1. The molecule has 4 heterocycles. The van der Waals surface area contributed by atoms with Gasteiger partial charge in [-0.2, -0.15) is 0 Å².